The molecule has 8 nitrogen and oxygen atoms in total. The Kier molecular flexibility index (Phi) is 3.71. The third kappa shape index (κ3) is 2.56. The molecule has 2 N–H and O–H groups in total. The fourth-order valence-electron chi connectivity index (χ4n) is 1.39. The van der Waals surface area contributed by atoms with Crippen molar-refractivity contribution in [1.29, 1.82) is 0 Å². The predicted molar refractivity (Wildman–Crippen MR) is 64.4 cm³/mol. The highest BCUT2D eigenvalue weighted by Crippen LogP contribution is 2.23. The van der Waals surface area contributed by atoms with Gasteiger partial charge in [0.25, 0.3) is 15.2 Å². The lowest BCUT2D eigenvalue weighted by Crippen LogP contribution is -2.20. The molecule has 10 heteroatoms. The Morgan fingerprint density at radius 1 is 1.50 bits per heavy atom. The molecular weight excluding hydrogens is 278 g/mol. The summed E-state index contributed by atoms with van der Waals surface area (Å²) in [4.78, 5) is 4.63. The molecule has 0 aliphatic heterocycles. The third-order valence-electron chi connectivity index (χ3n) is 2.14. The number of sulfonamides is 1. The van der Waals surface area contributed by atoms with Gasteiger partial charge in [-0.25, -0.2) is 13.6 Å². The molecule has 0 saturated carbocycles. The number of nitrogens with zero attached hydrogens (tertiary/aromatic N) is 4. The second-order valence-corrected chi connectivity index (χ2v) is 5.70. The molecule has 2 heterocycles. The van der Waals surface area contributed by atoms with Crippen LogP contribution < -0.4 is 5.14 Å². The molecule has 0 aliphatic rings. The monoisotopic (exact) mass is 289 g/mol. The first kappa shape index (κ1) is 13.1. The summed E-state index contributed by atoms with van der Waals surface area (Å²) in [5.74, 6) is 0.415. The van der Waals surface area contributed by atoms with E-state index >= 15 is 0 Å². The molecule has 0 aliphatic carbocycles. The van der Waals surface area contributed by atoms with E-state index in [4.69, 9.17) is 9.88 Å². The van der Waals surface area contributed by atoms with E-state index < -0.39 is 10.0 Å². The molecule has 2 aromatic rings. The Morgan fingerprint density at radius 3 is 2.83 bits per heavy atom. The largest absolute Gasteiger partial charge is 0.383 e. The zero-order valence-corrected chi connectivity index (χ0v) is 11.1. The molecule has 0 unspecified atom stereocenters. The zero-order valence-electron chi connectivity index (χ0n) is 9.48. The van der Waals surface area contributed by atoms with Crippen LogP contribution in [0.2, 0.25) is 0 Å². The van der Waals surface area contributed by atoms with Gasteiger partial charge in [-0.3, -0.25) is 9.55 Å². The first-order valence-electron chi connectivity index (χ1n) is 4.88. The lowest BCUT2D eigenvalue weighted by Gasteiger charge is -2.06. The van der Waals surface area contributed by atoms with Gasteiger partial charge in [0.15, 0.2) is 5.82 Å². The van der Waals surface area contributed by atoms with Crippen LogP contribution in [0, 0.1) is 0 Å². The number of hydrogen-bond acceptors (Lipinski definition) is 7. The van der Waals surface area contributed by atoms with Crippen molar-refractivity contribution in [2.45, 2.75) is 11.7 Å². The quantitative estimate of drug-likeness (QED) is 0.808. The van der Waals surface area contributed by atoms with Gasteiger partial charge in [0.2, 0.25) is 0 Å². The topological polar surface area (TPSA) is 113 Å². The molecule has 0 bridgehead atoms. The lowest BCUT2D eigenvalue weighted by molar-refractivity contribution is 0.185. The zero-order chi connectivity index (χ0) is 13.2. The van der Waals surface area contributed by atoms with E-state index in [-0.39, 0.29) is 5.16 Å². The van der Waals surface area contributed by atoms with Gasteiger partial charge < -0.3 is 4.74 Å². The standard InChI is InChI=1S/C8H11N5O3S2/c1-16-3-2-13-7(6-4-10-5-17-6)11-12-8(13)18(9,14)15/h4-5H,2-3H2,1H3,(H2,9,14,15). The summed E-state index contributed by atoms with van der Waals surface area (Å²) >= 11 is 1.34. The van der Waals surface area contributed by atoms with Gasteiger partial charge in [-0.15, -0.1) is 21.5 Å². The fourth-order valence-corrected chi connectivity index (χ4v) is 2.64. The van der Waals surface area contributed by atoms with Crippen LogP contribution in [0.15, 0.2) is 16.9 Å². The number of nitrogens with two attached hydrogens (primary N) is 1. The minimum absolute atomic E-state index is 0.275. The van der Waals surface area contributed by atoms with Crippen LogP contribution >= 0.6 is 11.3 Å². The number of ether oxygens (including phenoxy) is 1. The molecule has 0 spiro atoms. The van der Waals surface area contributed by atoms with E-state index in [2.05, 4.69) is 15.2 Å². The lowest BCUT2D eigenvalue weighted by atomic mass is 10.5. The molecule has 0 amide bonds. The van der Waals surface area contributed by atoms with E-state index in [1.807, 2.05) is 0 Å². The van der Waals surface area contributed by atoms with Crippen molar-refractivity contribution >= 4 is 21.4 Å². The van der Waals surface area contributed by atoms with Gasteiger partial charge in [0.1, 0.15) is 0 Å². The Bertz CT molecular complexity index is 619. The average molecular weight is 289 g/mol. The van der Waals surface area contributed by atoms with Gasteiger partial charge in [-0.2, -0.15) is 0 Å². The van der Waals surface area contributed by atoms with Crippen LogP contribution in [0.1, 0.15) is 0 Å². The van der Waals surface area contributed by atoms with Crippen LogP contribution in [0.25, 0.3) is 10.7 Å². The molecular formula is C8H11N5O3S2. The van der Waals surface area contributed by atoms with E-state index in [0.29, 0.717) is 23.9 Å². The first-order chi connectivity index (χ1) is 8.54. The number of rotatable bonds is 5. The summed E-state index contributed by atoms with van der Waals surface area (Å²) in [6.07, 6.45) is 1.59. The maximum absolute atomic E-state index is 11.4. The van der Waals surface area contributed by atoms with Crippen molar-refractivity contribution in [1.82, 2.24) is 19.7 Å². The van der Waals surface area contributed by atoms with Gasteiger partial charge in [0, 0.05) is 13.3 Å². The molecule has 2 rings (SSSR count). The van der Waals surface area contributed by atoms with E-state index in [0.717, 1.165) is 0 Å². The van der Waals surface area contributed by atoms with Crippen LogP contribution in [0.5, 0.6) is 0 Å². The highest BCUT2D eigenvalue weighted by atomic mass is 32.2. The molecule has 0 radical (unpaired) electrons. The van der Waals surface area contributed by atoms with E-state index in [1.54, 1.807) is 11.7 Å². The normalized spacial score (nSPS) is 11.9. The molecule has 18 heavy (non-hydrogen) atoms. The summed E-state index contributed by atoms with van der Waals surface area (Å²) in [6.45, 7) is 0.620. The summed E-state index contributed by atoms with van der Waals surface area (Å²) in [6, 6.07) is 0. The Hall–Kier alpha value is -1.36. The summed E-state index contributed by atoms with van der Waals surface area (Å²) in [5, 5.41) is 12.3. The maximum Gasteiger partial charge on any atom is 0.273 e. The summed E-state index contributed by atoms with van der Waals surface area (Å²) in [7, 11) is -2.39. The number of hydrogen-bond donors (Lipinski definition) is 1. The Balaban J connectivity index is 2.51. The van der Waals surface area contributed by atoms with Crippen LogP contribution in [0.3, 0.4) is 0 Å². The average Bonchev–Trinajstić information content (AvgIpc) is 2.93. The second-order valence-electron chi connectivity index (χ2n) is 3.36. The van der Waals surface area contributed by atoms with Gasteiger partial charge in [0.05, 0.1) is 23.5 Å². The highest BCUT2D eigenvalue weighted by molar-refractivity contribution is 7.89. The Morgan fingerprint density at radius 2 is 2.28 bits per heavy atom. The first-order valence-corrected chi connectivity index (χ1v) is 7.30. The van der Waals surface area contributed by atoms with Crippen molar-refractivity contribution < 1.29 is 13.2 Å². The van der Waals surface area contributed by atoms with E-state index in [1.165, 1.54) is 23.0 Å². The second kappa shape index (κ2) is 5.10. The fraction of sp³-hybridized carbons (Fsp3) is 0.375. The SMILES string of the molecule is COCCn1c(-c2cncs2)nnc1S(N)(=O)=O. The number of thiazole rings is 1. The maximum atomic E-state index is 11.4. The number of methoxy groups -OCH3 is 1. The van der Waals surface area contributed by atoms with Crippen molar-refractivity contribution in [3.63, 3.8) is 0 Å². The number of aromatic nitrogens is 4. The molecule has 0 aromatic carbocycles. The van der Waals surface area contributed by atoms with Crippen molar-refractivity contribution in [3.8, 4) is 10.7 Å². The van der Waals surface area contributed by atoms with Crippen molar-refractivity contribution in [2.24, 2.45) is 5.14 Å². The third-order valence-corrected chi connectivity index (χ3v) is 3.72. The van der Waals surface area contributed by atoms with Crippen molar-refractivity contribution in [3.05, 3.63) is 11.7 Å². The number of primary sulfonamides is 1. The molecule has 0 saturated heterocycles. The summed E-state index contributed by atoms with van der Waals surface area (Å²) in [5.41, 5.74) is 1.63. The van der Waals surface area contributed by atoms with Gasteiger partial charge >= 0.3 is 0 Å². The molecule has 0 atom stereocenters. The predicted octanol–water partition coefficient (Wildman–Crippen LogP) is -0.305. The Labute approximate surface area is 107 Å². The van der Waals surface area contributed by atoms with Crippen LogP contribution in [-0.4, -0.2) is 41.9 Å². The van der Waals surface area contributed by atoms with Crippen molar-refractivity contribution in [2.75, 3.05) is 13.7 Å². The molecule has 98 valence electrons. The minimum Gasteiger partial charge on any atom is -0.383 e. The molecule has 2 aromatic heterocycles. The van der Waals surface area contributed by atoms with Crippen LogP contribution in [-0.2, 0) is 21.3 Å². The van der Waals surface area contributed by atoms with Gasteiger partial charge in [-0.05, 0) is 0 Å². The van der Waals surface area contributed by atoms with E-state index in [9.17, 15) is 8.42 Å². The molecule has 0 fully saturated rings. The van der Waals surface area contributed by atoms with Crippen LogP contribution in [0.4, 0.5) is 0 Å². The smallest absolute Gasteiger partial charge is 0.273 e. The highest BCUT2D eigenvalue weighted by Gasteiger charge is 2.22. The minimum atomic E-state index is -3.92. The summed E-state index contributed by atoms with van der Waals surface area (Å²) < 4.78 is 29.1. The van der Waals surface area contributed by atoms with Gasteiger partial charge in [-0.1, -0.05) is 0 Å².